The van der Waals surface area contributed by atoms with Crippen molar-refractivity contribution in [2.75, 3.05) is 5.32 Å². The number of carbonyl (C=O) groups excluding carboxylic acids is 1. The first-order valence-electron chi connectivity index (χ1n) is 8.01. The third kappa shape index (κ3) is 4.68. The lowest BCUT2D eigenvalue weighted by atomic mass is 10.2. The summed E-state index contributed by atoms with van der Waals surface area (Å²) in [5.74, 6) is 0.0135. The highest BCUT2D eigenvalue weighted by Gasteiger charge is 2.18. The summed E-state index contributed by atoms with van der Waals surface area (Å²) in [4.78, 5) is 23.0. The van der Waals surface area contributed by atoms with Crippen molar-refractivity contribution in [1.29, 1.82) is 0 Å². The molecule has 0 bridgehead atoms. The van der Waals surface area contributed by atoms with E-state index in [9.17, 15) is 14.9 Å². The molecule has 8 nitrogen and oxygen atoms in total. The average Bonchev–Trinajstić information content (AvgIpc) is 3.11. The van der Waals surface area contributed by atoms with Gasteiger partial charge in [-0.1, -0.05) is 17.7 Å². The first-order chi connectivity index (χ1) is 13.3. The standard InChI is InChI=1S/C18H14BrClN4O4/c1-11-2-4-14(16(8-11)24(26)27)21-18(25)15-6-7-23(22-15)10-28-17-5-3-12(20)9-13(17)19/h2-9H,10H2,1H3,(H,21,25). The van der Waals surface area contributed by atoms with Gasteiger partial charge in [0.1, 0.15) is 11.4 Å². The van der Waals surface area contributed by atoms with Crippen LogP contribution in [-0.2, 0) is 6.73 Å². The maximum Gasteiger partial charge on any atom is 0.293 e. The summed E-state index contributed by atoms with van der Waals surface area (Å²) in [6.45, 7) is 1.80. The van der Waals surface area contributed by atoms with E-state index in [2.05, 4.69) is 26.3 Å². The zero-order chi connectivity index (χ0) is 20.3. The van der Waals surface area contributed by atoms with Crippen LogP contribution in [0.1, 0.15) is 16.1 Å². The molecule has 10 heteroatoms. The minimum absolute atomic E-state index is 0.0677. The van der Waals surface area contributed by atoms with Crippen LogP contribution < -0.4 is 10.1 Å². The fourth-order valence-corrected chi connectivity index (χ4v) is 3.16. The van der Waals surface area contributed by atoms with E-state index in [4.69, 9.17) is 16.3 Å². The first kappa shape index (κ1) is 19.8. The van der Waals surface area contributed by atoms with E-state index in [0.717, 1.165) is 5.56 Å². The Kier molecular flexibility index (Phi) is 5.96. The van der Waals surface area contributed by atoms with Crippen LogP contribution in [0.3, 0.4) is 0 Å². The fraction of sp³-hybridized carbons (Fsp3) is 0.111. The molecular weight excluding hydrogens is 452 g/mol. The first-order valence-corrected chi connectivity index (χ1v) is 9.18. The Morgan fingerprint density at radius 1 is 1.32 bits per heavy atom. The normalized spacial score (nSPS) is 10.5. The number of benzene rings is 2. The summed E-state index contributed by atoms with van der Waals surface area (Å²) in [7, 11) is 0. The molecule has 1 heterocycles. The number of nitrogens with zero attached hydrogens (tertiary/aromatic N) is 3. The van der Waals surface area contributed by atoms with Gasteiger partial charge in [0.15, 0.2) is 12.4 Å². The Hall–Kier alpha value is -2.91. The third-order valence-corrected chi connectivity index (χ3v) is 4.57. The Balaban J connectivity index is 1.68. The number of carbonyl (C=O) groups is 1. The maximum absolute atomic E-state index is 12.4. The molecular formula is C18H14BrClN4O4. The van der Waals surface area contributed by atoms with Crippen molar-refractivity contribution in [1.82, 2.24) is 9.78 Å². The second kappa shape index (κ2) is 8.41. The molecule has 144 valence electrons. The molecule has 0 aliphatic rings. The lowest BCUT2D eigenvalue weighted by Gasteiger charge is -2.08. The Bertz CT molecular complexity index is 1050. The van der Waals surface area contributed by atoms with Gasteiger partial charge in [0, 0.05) is 17.3 Å². The highest BCUT2D eigenvalue weighted by atomic mass is 79.9. The molecule has 1 N–H and O–H groups in total. The number of ether oxygens (including phenoxy) is 1. The molecule has 0 spiro atoms. The van der Waals surface area contributed by atoms with Crippen LogP contribution in [0.2, 0.25) is 5.02 Å². The minimum Gasteiger partial charge on any atom is -0.470 e. The van der Waals surface area contributed by atoms with Crippen molar-refractivity contribution in [2.45, 2.75) is 13.7 Å². The summed E-state index contributed by atoms with van der Waals surface area (Å²) in [5, 5.41) is 18.4. The van der Waals surface area contributed by atoms with Crippen molar-refractivity contribution in [2.24, 2.45) is 0 Å². The predicted molar refractivity (Wildman–Crippen MR) is 108 cm³/mol. The molecule has 2 aromatic carbocycles. The van der Waals surface area contributed by atoms with Gasteiger partial charge in [-0.3, -0.25) is 14.9 Å². The van der Waals surface area contributed by atoms with Crippen LogP contribution in [-0.4, -0.2) is 20.6 Å². The van der Waals surface area contributed by atoms with Crippen LogP contribution in [0, 0.1) is 17.0 Å². The Morgan fingerprint density at radius 3 is 2.82 bits per heavy atom. The van der Waals surface area contributed by atoms with Gasteiger partial charge in [-0.25, -0.2) is 4.68 Å². The number of nitrogens with one attached hydrogen (secondary N) is 1. The number of hydrogen-bond acceptors (Lipinski definition) is 5. The smallest absolute Gasteiger partial charge is 0.293 e. The predicted octanol–water partition coefficient (Wildman–Crippen LogP) is 4.80. The zero-order valence-electron chi connectivity index (χ0n) is 14.6. The van der Waals surface area contributed by atoms with Gasteiger partial charge < -0.3 is 10.1 Å². The lowest BCUT2D eigenvalue weighted by molar-refractivity contribution is -0.384. The molecule has 3 rings (SSSR count). The highest BCUT2D eigenvalue weighted by Crippen LogP contribution is 2.28. The number of anilines is 1. The van der Waals surface area contributed by atoms with Gasteiger partial charge in [-0.2, -0.15) is 5.10 Å². The SMILES string of the molecule is Cc1ccc(NC(=O)c2ccn(COc3ccc(Cl)cc3Br)n2)c([N+](=O)[O-])c1. The molecule has 0 saturated heterocycles. The lowest BCUT2D eigenvalue weighted by Crippen LogP contribution is -2.15. The average molecular weight is 466 g/mol. The number of hydrogen-bond donors (Lipinski definition) is 1. The number of nitro groups is 1. The molecule has 28 heavy (non-hydrogen) atoms. The van der Waals surface area contributed by atoms with Gasteiger partial charge in [0.2, 0.25) is 0 Å². The number of halogens is 2. The fourth-order valence-electron chi connectivity index (χ4n) is 2.37. The molecule has 0 fully saturated rings. The van der Waals surface area contributed by atoms with E-state index in [1.54, 1.807) is 37.4 Å². The molecule has 3 aromatic rings. The summed E-state index contributed by atoms with van der Waals surface area (Å²) in [5.41, 5.74) is 0.758. The molecule has 1 aromatic heterocycles. The zero-order valence-corrected chi connectivity index (χ0v) is 16.9. The quantitative estimate of drug-likeness (QED) is 0.416. The topological polar surface area (TPSA) is 99.3 Å². The largest absolute Gasteiger partial charge is 0.470 e. The number of aromatic nitrogens is 2. The molecule has 0 unspecified atom stereocenters. The van der Waals surface area contributed by atoms with E-state index in [1.165, 1.54) is 22.9 Å². The number of amides is 1. The number of aryl methyl sites for hydroxylation is 1. The monoisotopic (exact) mass is 464 g/mol. The number of rotatable bonds is 6. The van der Waals surface area contributed by atoms with Crippen LogP contribution in [0.5, 0.6) is 5.75 Å². The van der Waals surface area contributed by atoms with Crippen LogP contribution in [0.4, 0.5) is 11.4 Å². The highest BCUT2D eigenvalue weighted by molar-refractivity contribution is 9.10. The van der Waals surface area contributed by atoms with Gasteiger partial charge >= 0.3 is 0 Å². The van der Waals surface area contributed by atoms with Crippen LogP contribution in [0.25, 0.3) is 0 Å². The molecule has 0 aliphatic carbocycles. The van der Waals surface area contributed by atoms with Crippen molar-refractivity contribution in [3.63, 3.8) is 0 Å². The molecule has 1 amide bonds. The molecule has 0 aliphatic heterocycles. The van der Waals surface area contributed by atoms with E-state index in [-0.39, 0.29) is 23.8 Å². The Labute approximate surface area is 173 Å². The van der Waals surface area contributed by atoms with Gasteiger partial charge in [0.25, 0.3) is 11.6 Å². The number of nitro benzene ring substituents is 1. The van der Waals surface area contributed by atoms with Crippen LogP contribution in [0.15, 0.2) is 53.1 Å². The summed E-state index contributed by atoms with van der Waals surface area (Å²) >= 11 is 9.24. The van der Waals surface area contributed by atoms with Gasteiger partial charge in [0.05, 0.1) is 9.40 Å². The molecule has 0 atom stereocenters. The van der Waals surface area contributed by atoms with E-state index in [0.29, 0.717) is 15.2 Å². The van der Waals surface area contributed by atoms with Crippen molar-refractivity contribution < 1.29 is 14.5 Å². The summed E-state index contributed by atoms with van der Waals surface area (Å²) in [6, 6.07) is 11.2. The minimum atomic E-state index is -0.557. The molecule has 0 saturated carbocycles. The van der Waals surface area contributed by atoms with E-state index >= 15 is 0 Å². The van der Waals surface area contributed by atoms with Crippen LogP contribution >= 0.6 is 27.5 Å². The van der Waals surface area contributed by atoms with Gasteiger partial charge in [-0.05, 0) is 58.7 Å². The molecule has 0 radical (unpaired) electrons. The Morgan fingerprint density at radius 2 is 2.11 bits per heavy atom. The second-order valence-electron chi connectivity index (χ2n) is 5.82. The van der Waals surface area contributed by atoms with Crippen molar-refractivity contribution >= 4 is 44.8 Å². The summed E-state index contributed by atoms with van der Waals surface area (Å²) < 4.78 is 7.75. The summed E-state index contributed by atoms with van der Waals surface area (Å²) in [6.07, 6.45) is 1.57. The van der Waals surface area contributed by atoms with Crippen molar-refractivity contribution in [3.05, 3.63) is 79.5 Å². The van der Waals surface area contributed by atoms with E-state index in [1.807, 2.05) is 0 Å². The van der Waals surface area contributed by atoms with Crippen molar-refractivity contribution in [3.8, 4) is 5.75 Å². The third-order valence-electron chi connectivity index (χ3n) is 3.72. The van der Waals surface area contributed by atoms with Gasteiger partial charge in [-0.15, -0.1) is 0 Å². The maximum atomic E-state index is 12.4. The second-order valence-corrected chi connectivity index (χ2v) is 7.11. The van der Waals surface area contributed by atoms with E-state index < -0.39 is 10.8 Å².